The lowest BCUT2D eigenvalue weighted by Crippen LogP contribution is -2.20. The monoisotopic (exact) mass is 401 g/mol. The second-order valence-corrected chi connectivity index (χ2v) is 8.46. The fraction of sp³-hybridized carbons (Fsp3) is 0.222. The van der Waals surface area contributed by atoms with Gasteiger partial charge < -0.3 is 5.73 Å². The molecule has 0 aliphatic heterocycles. The fourth-order valence-corrected chi connectivity index (χ4v) is 2.47. The lowest BCUT2D eigenvalue weighted by atomic mass is 10.1. The Kier molecular flexibility index (Phi) is 3.96. The number of nitrogens with two attached hydrogens (primary N) is 1. The van der Waals surface area contributed by atoms with E-state index in [1.165, 1.54) is 0 Å². The number of hydrogen-bond acceptors (Lipinski definition) is 1. The van der Waals surface area contributed by atoms with E-state index < -0.39 is 0 Å². The number of primary amides is 1. The molecule has 0 heterocycles. The van der Waals surface area contributed by atoms with Crippen molar-refractivity contribution in [1.82, 2.24) is 0 Å². The third kappa shape index (κ3) is 3.41. The molecule has 4 heteroatoms. The smallest absolute Gasteiger partial charge is 0.219 e. The van der Waals surface area contributed by atoms with Crippen molar-refractivity contribution >= 4 is 51.1 Å². The fourth-order valence-electron chi connectivity index (χ4n) is 1.00. The van der Waals surface area contributed by atoms with Crippen LogP contribution < -0.4 is 5.73 Å². The minimum Gasteiger partial charge on any atom is -0.370 e. The molecule has 1 amide bonds. The topological polar surface area (TPSA) is 43.1 Å². The molecular weight excluding hydrogens is 392 g/mol. The lowest BCUT2D eigenvalue weighted by molar-refractivity contribution is -0.118. The molecule has 0 fully saturated rings. The first kappa shape index (κ1) is 11.2. The molecule has 2 N–H and O–H groups in total. The molecule has 1 aromatic carbocycles. The maximum absolute atomic E-state index is 10.8. The van der Waals surface area contributed by atoms with Crippen LogP contribution in [0, 0.1) is 0 Å². The molecule has 0 atom stereocenters. The predicted octanol–water partition coefficient (Wildman–Crippen LogP) is 2.58. The molecule has 0 aliphatic carbocycles. The first-order valence-corrected chi connectivity index (χ1v) is 5.90. The SMILES string of the molecule is NC(=O)CC(I)(I)c1ccccc1. The van der Waals surface area contributed by atoms with Crippen LogP contribution in [0.1, 0.15) is 12.0 Å². The van der Waals surface area contributed by atoms with E-state index in [0.717, 1.165) is 5.56 Å². The van der Waals surface area contributed by atoms with Gasteiger partial charge in [0.1, 0.15) is 1.43 Å². The van der Waals surface area contributed by atoms with Crippen LogP contribution in [0.25, 0.3) is 0 Å². The highest BCUT2D eigenvalue weighted by molar-refractivity contribution is 14.2. The summed E-state index contributed by atoms with van der Waals surface area (Å²) in [5, 5.41) is 0. The summed E-state index contributed by atoms with van der Waals surface area (Å²) in [5.41, 5.74) is 6.29. The normalized spacial score (nSPS) is 11.2. The average Bonchev–Trinajstić information content (AvgIpc) is 2.04. The number of amides is 1. The van der Waals surface area contributed by atoms with Gasteiger partial charge in [-0.3, -0.25) is 4.79 Å². The van der Waals surface area contributed by atoms with E-state index in [1.807, 2.05) is 30.3 Å². The van der Waals surface area contributed by atoms with Crippen LogP contribution in [0.15, 0.2) is 30.3 Å². The summed E-state index contributed by atoms with van der Waals surface area (Å²) >= 11 is 4.49. The number of benzene rings is 1. The Morgan fingerprint density at radius 3 is 2.31 bits per heavy atom. The Balaban J connectivity index is 2.87. The summed E-state index contributed by atoms with van der Waals surface area (Å²) in [6, 6.07) is 9.88. The number of halogens is 2. The molecule has 0 spiro atoms. The summed E-state index contributed by atoms with van der Waals surface area (Å²) in [4.78, 5) is 10.8. The number of hydrogen-bond donors (Lipinski definition) is 1. The second kappa shape index (κ2) is 4.59. The van der Waals surface area contributed by atoms with Crippen LogP contribution in [0.3, 0.4) is 0 Å². The van der Waals surface area contributed by atoms with Crippen LogP contribution >= 0.6 is 45.2 Å². The minimum atomic E-state index is -0.271. The number of carbonyl (C=O) groups excluding carboxylic acids is 1. The average molecular weight is 401 g/mol. The first-order valence-electron chi connectivity index (χ1n) is 3.74. The van der Waals surface area contributed by atoms with Crippen molar-refractivity contribution in [2.45, 2.75) is 7.85 Å². The van der Waals surface area contributed by atoms with E-state index in [4.69, 9.17) is 5.73 Å². The van der Waals surface area contributed by atoms with Gasteiger partial charge in [0.2, 0.25) is 5.91 Å². The van der Waals surface area contributed by atoms with Crippen molar-refractivity contribution in [2.75, 3.05) is 0 Å². The third-order valence-electron chi connectivity index (χ3n) is 1.59. The maximum atomic E-state index is 10.8. The Labute approximate surface area is 105 Å². The number of carbonyl (C=O) groups is 1. The van der Waals surface area contributed by atoms with Gasteiger partial charge in [-0.2, -0.15) is 0 Å². The Hall–Kier alpha value is 0.150. The summed E-state index contributed by atoms with van der Waals surface area (Å²) in [7, 11) is 0. The van der Waals surface area contributed by atoms with Crippen LogP contribution in [-0.2, 0) is 6.22 Å². The van der Waals surface area contributed by atoms with Crippen molar-refractivity contribution in [2.24, 2.45) is 5.73 Å². The van der Waals surface area contributed by atoms with Crippen LogP contribution in [-0.4, -0.2) is 5.91 Å². The van der Waals surface area contributed by atoms with Gasteiger partial charge >= 0.3 is 0 Å². The van der Waals surface area contributed by atoms with E-state index >= 15 is 0 Å². The molecule has 0 bridgehead atoms. The molecular formula is C9H9I2NO. The van der Waals surface area contributed by atoms with Gasteiger partial charge in [0, 0.05) is 0 Å². The van der Waals surface area contributed by atoms with E-state index in [0.29, 0.717) is 6.42 Å². The van der Waals surface area contributed by atoms with E-state index in [1.54, 1.807) is 0 Å². The van der Waals surface area contributed by atoms with E-state index in [-0.39, 0.29) is 7.34 Å². The van der Waals surface area contributed by atoms with Gasteiger partial charge in [0.15, 0.2) is 0 Å². The van der Waals surface area contributed by atoms with Gasteiger partial charge in [0.05, 0.1) is 6.42 Å². The molecule has 0 saturated heterocycles. The molecule has 0 saturated carbocycles. The number of alkyl halides is 2. The standard InChI is InChI=1S/C9H9I2NO/c10-9(11,6-8(12)13)7-4-2-1-3-5-7/h1-5H,6H2,(H2,12,13). The summed E-state index contributed by atoms with van der Waals surface area (Å²) in [6.07, 6.45) is 0.359. The molecule has 2 nitrogen and oxygen atoms in total. The number of rotatable bonds is 3. The van der Waals surface area contributed by atoms with E-state index in [2.05, 4.69) is 45.2 Å². The van der Waals surface area contributed by atoms with Gasteiger partial charge in [-0.05, 0) is 5.56 Å². The molecule has 70 valence electrons. The third-order valence-corrected chi connectivity index (χ3v) is 3.60. The molecule has 1 aromatic rings. The molecule has 0 radical (unpaired) electrons. The van der Waals surface area contributed by atoms with Gasteiger partial charge in [-0.25, -0.2) is 0 Å². The Morgan fingerprint density at radius 1 is 1.31 bits per heavy atom. The molecule has 0 aliphatic rings. The quantitative estimate of drug-likeness (QED) is 0.615. The summed E-state index contributed by atoms with van der Waals surface area (Å²) < 4.78 is -0.220. The Morgan fingerprint density at radius 2 is 1.85 bits per heavy atom. The van der Waals surface area contributed by atoms with Crippen molar-refractivity contribution in [3.63, 3.8) is 0 Å². The van der Waals surface area contributed by atoms with Crippen molar-refractivity contribution < 1.29 is 4.79 Å². The van der Waals surface area contributed by atoms with Crippen molar-refractivity contribution in [1.29, 1.82) is 0 Å². The Bertz CT molecular complexity index is 298. The molecule has 0 unspecified atom stereocenters. The zero-order valence-corrected chi connectivity index (χ0v) is 11.2. The highest BCUT2D eigenvalue weighted by Gasteiger charge is 2.26. The summed E-state index contributed by atoms with van der Waals surface area (Å²) in [6.45, 7) is 0. The lowest BCUT2D eigenvalue weighted by Gasteiger charge is -2.18. The minimum absolute atomic E-state index is 0.220. The zero-order chi connectivity index (χ0) is 9.90. The largest absolute Gasteiger partial charge is 0.370 e. The van der Waals surface area contributed by atoms with Crippen molar-refractivity contribution in [3.05, 3.63) is 35.9 Å². The van der Waals surface area contributed by atoms with Crippen LogP contribution in [0.5, 0.6) is 0 Å². The molecule has 1 rings (SSSR count). The van der Waals surface area contributed by atoms with Crippen LogP contribution in [0.4, 0.5) is 0 Å². The van der Waals surface area contributed by atoms with Gasteiger partial charge in [-0.1, -0.05) is 75.5 Å². The highest BCUT2D eigenvalue weighted by Crippen LogP contribution is 2.42. The maximum Gasteiger partial charge on any atom is 0.219 e. The zero-order valence-electron chi connectivity index (χ0n) is 6.84. The van der Waals surface area contributed by atoms with Gasteiger partial charge in [-0.15, -0.1) is 0 Å². The second-order valence-electron chi connectivity index (χ2n) is 2.71. The van der Waals surface area contributed by atoms with E-state index in [9.17, 15) is 4.79 Å². The van der Waals surface area contributed by atoms with Crippen LogP contribution in [0.2, 0.25) is 0 Å². The molecule has 13 heavy (non-hydrogen) atoms. The molecule has 0 aromatic heterocycles. The highest BCUT2D eigenvalue weighted by atomic mass is 127. The van der Waals surface area contributed by atoms with Crippen molar-refractivity contribution in [3.8, 4) is 0 Å². The first-order chi connectivity index (χ1) is 6.02. The summed E-state index contributed by atoms with van der Waals surface area (Å²) in [5.74, 6) is -0.271. The predicted molar refractivity (Wildman–Crippen MR) is 70.0 cm³/mol. The van der Waals surface area contributed by atoms with Gasteiger partial charge in [0.25, 0.3) is 0 Å².